The Kier molecular flexibility index (Phi) is 6.60. The number of carbonyl (C=O) groups excluding carboxylic acids is 1. The summed E-state index contributed by atoms with van der Waals surface area (Å²) in [4.78, 5) is 18.7. The lowest BCUT2D eigenvalue weighted by molar-refractivity contribution is -0.121. The Morgan fingerprint density at radius 2 is 2.24 bits per heavy atom. The minimum Gasteiger partial charge on any atom is -0.379 e. The first-order chi connectivity index (χ1) is 10.1. The van der Waals surface area contributed by atoms with Crippen LogP contribution in [-0.2, 0) is 16.0 Å². The fourth-order valence-electron chi connectivity index (χ4n) is 2.19. The second-order valence-electron chi connectivity index (χ2n) is 5.62. The van der Waals surface area contributed by atoms with Gasteiger partial charge in [-0.05, 0) is 5.92 Å². The van der Waals surface area contributed by atoms with Gasteiger partial charge < -0.3 is 10.1 Å². The van der Waals surface area contributed by atoms with Crippen LogP contribution in [0.4, 0.5) is 0 Å². The zero-order chi connectivity index (χ0) is 15.1. The number of amides is 1. The summed E-state index contributed by atoms with van der Waals surface area (Å²) in [5.41, 5.74) is 1.13. The van der Waals surface area contributed by atoms with Gasteiger partial charge in [-0.3, -0.25) is 9.69 Å². The quantitative estimate of drug-likeness (QED) is 0.832. The van der Waals surface area contributed by atoms with Crippen molar-refractivity contribution < 1.29 is 9.53 Å². The fourth-order valence-corrected chi connectivity index (χ4v) is 3.15. The Hall–Kier alpha value is -0.980. The van der Waals surface area contributed by atoms with Gasteiger partial charge in [-0.15, -0.1) is 11.3 Å². The minimum absolute atomic E-state index is 0.115. The maximum Gasteiger partial charge on any atom is 0.220 e. The molecule has 0 atom stereocenters. The van der Waals surface area contributed by atoms with Crippen molar-refractivity contribution in [3.63, 3.8) is 0 Å². The number of nitrogens with zero attached hydrogens (tertiary/aromatic N) is 2. The molecule has 0 spiro atoms. The first kappa shape index (κ1) is 16.4. The van der Waals surface area contributed by atoms with E-state index in [1.165, 1.54) is 0 Å². The van der Waals surface area contributed by atoms with Crippen LogP contribution in [0.1, 0.15) is 36.9 Å². The number of ether oxygens (including phenoxy) is 1. The zero-order valence-electron chi connectivity index (χ0n) is 12.9. The van der Waals surface area contributed by atoms with Crippen molar-refractivity contribution in [3.8, 4) is 0 Å². The molecule has 1 N–H and O–H groups in total. The standard InChI is InChI=1S/C15H25N3O2S/c1-12(2)13-11-21-15(17-13)4-3-14(19)16-5-6-18-7-9-20-10-8-18/h11-12H,3-10H2,1-2H3,(H,16,19). The Balaban J connectivity index is 1.60. The summed E-state index contributed by atoms with van der Waals surface area (Å²) in [5.74, 6) is 0.571. The third-order valence-corrected chi connectivity index (χ3v) is 4.51. The number of thiazole rings is 1. The molecule has 21 heavy (non-hydrogen) atoms. The van der Waals surface area contributed by atoms with Crippen molar-refractivity contribution >= 4 is 17.2 Å². The summed E-state index contributed by atoms with van der Waals surface area (Å²) in [7, 11) is 0. The second kappa shape index (κ2) is 8.46. The van der Waals surface area contributed by atoms with Crippen LogP contribution in [-0.4, -0.2) is 55.2 Å². The van der Waals surface area contributed by atoms with Gasteiger partial charge in [0, 0.05) is 44.4 Å². The number of rotatable bonds is 7. The van der Waals surface area contributed by atoms with Crippen LogP contribution in [0.25, 0.3) is 0 Å². The first-order valence-corrected chi connectivity index (χ1v) is 8.54. The number of carbonyl (C=O) groups is 1. The van der Waals surface area contributed by atoms with Gasteiger partial charge in [0.25, 0.3) is 0 Å². The number of aryl methyl sites for hydroxylation is 1. The second-order valence-corrected chi connectivity index (χ2v) is 6.57. The Morgan fingerprint density at radius 1 is 1.48 bits per heavy atom. The summed E-state index contributed by atoms with van der Waals surface area (Å²) in [6.07, 6.45) is 1.26. The molecule has 0 radical (unpaired) electrons. The van der Waals surface area contributed by atoms with E-state index in [4.69, 9.17) is 4.74 Å². The number of hydrogen-bond donors (Lipinski definition) is 1. The molecule has 2 heterocycles. The van der Waals surface area contributed by atoms with Crippen LogP contribution in [0.5, 0.6) is 0 Å². The van der Waals surface area contributed by atoms with Gasteiger partial charge in [0.05, 0.1) is 23.9 Å². The van der Waals surface area contributed by atoms with Crippen LogP contribution in [0, 0.1) is 0 Å². The molecule has 0 saturated carbocycles. The summed E-state index contributed by atoms with van der Waals surface area (Å²) >= 11 is 1.65. The Labute approximate surface area is 130 Å². The molecule has 0 unspecified atom stereocenters. The lowest BCUT2D eigenvalue weighted by atomic mass is 10.2. The van der Waals surface area contributed by atoms with Crippen molar-refractivity contribution in [1.29, 1.82) is 0 Å². The minimum atomic E-state index is 0.115. The van der Waals surface area contributed by atoms with E-state index in [1.54, 1.807) is 11.3 Å². The van der Waals surface area contributed by atoms with E-state index in [0.29, 0.717) is 18.9 Å². The smallest absolute Gasteiger partial charge is 0.220 e. The van der Waals surface area contributed by atoms with Gasteiger partial charge >= 0.3 is 0 Å². The van der Waals surface area contributed by atoms with E-state index in [-0.39, 0.29) is 5.91 Å². The lowest BCUT2D eigenvalue weighted by Gasteiger charge is -2.26. The highest BCUT2D eigenvalue weighted by Gasteiger charge is 2.11. The van der Waals surface area contributed by atoms with Crippen molar-refractivity contribution in [3.05, 3.63) is 16.1 Å². The third-order valence-electron chi connectivity index (χ3n) is 3.58. The number of aromatic nitrogens is 1. The SMILES string of the molecule is CC(C)c1csc(CCC(=O)NCCN2CCOCC2)n1. The molecule has 1 saturated heterocycles. The molecular weight excluding hydrogens is 286 g/mol. The predicted octanol–water partition coefficient (Wildman–Crippen LogP) is 1.65. The van der Waals surface area contributed by atoms with E-state index in [0.717, 1.165) is 50.0 Å². The van der Waals surface area contributed by atoms with Gasteiger partial charge in [-0.25, -0.2) is 4.98 Å². The van der Waals surface area contributed by atoms with Crippen molar-refractivity contribution in [2.45, 2.75) is 32.6 Å². The molecule has 1 aliphatic rings. The molecule has 5 nitrogen and oxygen atoms in total. The van der Waals surface area contributed by atoms with Crippen LogP contribution >= 0.6 is 11.3 Å². The van der Waals surface area contributed by atoms with Crippen LogP contribution < -0.4 is 5.32 Å². The number of nitrogens with one attached hydrogen (secondary N) is 1. The number of morpholine rings is 1. The monoisotopic (exact) mass is 311 g/mol. The fraction of sp³-hybridized carbons (Fsp3) is 0.733. The molecule has 2 rings (SSSR count). The topological polar surface area (TPSA) is 54.5 Å². The highest BCUT2D eigenvalue weighted by atomic mass is 32.1. The largest absolute Gasteiger partial charge is 0.379 e. The van der Waals surface area contributed by atoms with E-state index in [1.807, 2.05) is 0 Å². The van der Waals surface area contributed by atoms with Gasteiger partial charge in [-0.1, -0.05) is 13.8 Å². The molecule has 0 aliphatic carbocycles. The van der Waals surface area contributed by atoms with Crippen LogP contribution in [0.15, 0.2) is 5.38 Å². The summed E-state index contributed by atoms with van der Waals surface area (Å²) < 4.78 is 5.30. The lowest BCUT2D eigenvalue weighted by Crippen LogP contribution is -2.41. The number of hydrogen-bond acceptors (Lipinski definition) is 5. The first-order valence-electron chi connectivity index (χ1n) is 7.66. The summed E-state index contributed by atoms with van der Waals surface area (Å²) in [5, 5.41) is 6.14. The Bertz CT molecular complexity index is 442. The van der Waals surface area contributed by atoms with Gasteiger partial charge in [0.2, 0.25) is 5.91 Å². The third kappa shape index (κ3) is 5.73. The average molecular weight is 311 g/mol. The summed E-state index contributed by atoms with van der Waals surface area (Å²) in [6, 6.07) is 0. The molecule has 0 aromatic carbocycles. The Morgan fingerprint density at radius 3 is 2.90 bits per heavy atom. The highest BCUT2D eigenvalue weighted by Crippen LogP contribution is 2.18. The molecular formula is C15H25N3O2S. The molecule has 1 aromatic rings. The summed E-state index contributed by atoms with van der Waals surface area (Å²) in [6.45, 7) is 9.43. The predicted molar refractivity (Wildman–Crippen MR) is 84.8 cm³/mol. The van der Waals surface area contributed by atoms with E-state index < -0.39 is 0 Å². The highest BCUT2D eigenvalue weighted by molar-refractivity contribution is 7.09. The van der Waals surface area contributed by atoms with E-state index in [9.17, 15) is 4.79 Å². The molecule has 1 fully saturated rings. The molecule has 1 aliphatic heterocycles. The van der Waals surface area contributed by atoms with Crippen molar-refractivity contribution in [1.82, 2.24) is 15.2 Å². The van der Waals surface area contributed by atoms with E-state index in [2.05, 4.69) is 34.4 Å². The maximum atomic E-state index is 11.8. The van der Waals surface area contributed by atoms with Gasteiger partial charge in [0.15, 0.2) is 0 Å². The zero-order valence-corrected chi connectivity index (χ0v) is 13.7. The van der Waals surface area contributed by atoms with Crippen molar-refractivity contribution in [2.24, 2.45) is 0 Å². The average Bonchev–Trinajstić information content (AvgIpc) is 2.95. The molecule has 1 amide bonds. The maximum absolute atomic E-state index is 11.8. The van der Waals surface area contributed by atoms with Crippen LogP contribution in [0.2, 0.25) is 0 Å². The molecule has 0 bridgehead atoms. The molecule has 1 aromatic heterocycles. The van der Waals surface area contributed by atoms with Crippen molar-refractivity contribution in [2.75, 3.05) is 39.4 Å². The van der Waals surface area contributed by atoms with E-state index >= 15 is 0 Å². The normalized spacial score (nSPS) is 16.3. The molecule has 6 heteroatoms. The van der Waals surface area contributed by atoms with Crippen LogP contribution in [0.3, 0.4) is 0 Å². The molecule has 118 valence electrons. The van der Waals surface area contributed by atoms with Gasteiger partial charge in [-0.2, -0.15) is 0 Å². The van der Waals surface area contributed by atoms with Gasteiger partial charge in [0.1, 0.15) is 0 Å².